The molecule has 4 bridgehead atoms. The van der Waals surface area contributed by atoms with Gasteiger partial charge in [0.2, 0.25) is 0 Å². The first-order valence-electron chi connectivity index (χ1n) is 6.89. The van der Waals surface area contributed by atoms with Gasteiger partial charge in [-0.2, -0.15) is 0 Å². The van der Waals surface area contributed by atoms with Crippen molar-refractivity contribution in [2.24, 2.45) is 17.8 Å². The lowest BCUT2D eigenvalue weighted by molar-refractivity contribution is -0.0739. The van der Waals surface area contributed by atoms with Crippen LogP contribution in [0.2, 0.25) is 0 Å². The molecule has 2 nitrogen and oxygen atoms in total. The van der Waals surface area contributed by atoms with E-state index in [4.69, 9.17) is 0 Å². The molecular weight excluding hydrogens is 276 g/mol. The normalized spacial score (nSPS) is 46.5. The van der Waals surface area contributed by atoms with Crippen LogP contribution in [0.1, 0.15) is 38.5 Å². The fourth-order valence-corrected chi connectivity index (χ4v) is 5.25. The van der Waals surface area contributed by atoms with Gasteiger partial charge in [-0.15, -0.1) is 17.0 Å². The van der Waals surface area contributed by atoms with Crippen LogP contribution in [0.4, 0.5) is 0 Å². The molecule has 0 spiro atoms. The van der Waals surface area contributed by atoms with Crippen LogP contribution in [0.5, 0.6) is 0 Å². The van der Waals surface area contributed by atoms with Crippen molar-refractivity contribution < 1.29 is 0 Å². The predicted molar refractivity (Wildman–Crippen MR) is 74.8 cm³/mol. The van der Waals surface area contributed by atoms with Crippen molar-refractivity contribution in [3.8, 4) is 0 Å². The number of hydrogen-bond acceptors (Lipinski definition) is 2. The van der Waals surface area contributed by atoms with E-state index >= 15 is 0 Å². The molecular formula is C14H23BrN2. The summed E-state index contributed by atoms with van der Waals surface area (Å²) in [6, 6.07) is 0. The highest BCUT2D eigenvalue weighted by atomic mass is 79.9. The molecule has 0 aromatic carbocycles. The molecule has 5 aliphatic rings. The maximum absolute atomic E-state index is 2.66. The first kappa shape index (κ1) is 11.9. The molecule has 0 aromatic rings. The Kier molecular flexibility index (Phi) is 2.73. The fraction of sp³-hybridized carbons (Fsp3) is 0.857. The second kappa shape index (κ2) is 3.91. The zero-order valence-corrected chi connectivity index (χ0v) is 12.4. The van der Waals surface area contributed by atoms with Gasteiger partial charge >= 0.3 is 0 Å². The monoisotopic (exact) mass is 298 g/mol. The zero-order valence-electron chi connectivity index (χ0n) is 10.6. The first-order valence-corrected chi connectivity index (χ1v) is 6.89. The summed E-state index contributed by atoms with van der Waals surface area (Å²) in [5.74, 6) is 3.18. The van der Waals surface area contributed by atoms with E-state index in [0.29, 0.717) is 5.54 Å². The fourth-order valence-electron chi connectivity index (χ4n) is 5.25. The van der Waals surface area contributed by atoms with Crippen molar-refractivity contribution in [3.63, 3.8) is 0 Å². The van der Waals surface area contributed by atoms with Gasteiger partial charge in [0.05, 0.1) is 6.67 Å². The summed E-state index contributed by atoms with van der Waals surface area (Å²) in [6.07, 6.45) is 13.7. The lowest BCUT2D eigenvalue weighted by Gasteiger charge is -2.60. The third-order valence-electron chi connectivity index (χ3n) is 5.49. The van der Waals surface area contributed by atoms with E-state index in [-0.39, 0.29) is 17.0 Å². The van der Waals surface area contributed by atoms with Crippen LogP contribution < -0.4 is 0 Å². The minimum atomic E-state index is 0. The summed E-state index contributed by atoms with van der Waals surface area (Å²) in [5.41, 5.74) is 0.565. The van der Waals surface area contributed by atoms with Gasteiger partial charge in [0.1, 0.15) is 0 Å². The van der Waals surface area contributed by atoms with E-state index in [1.54, 1.807) is 19.3 Å². The van der Waals surface area contributed by atoms with Crippen LogP contribution in [0.15, 0.2) is 12.4 Å². The van der Waals surface area contributed by atoms with Crippen molar-refractivity contribution in [3.05, 3.63) is 12.4 Å². The number of nitrogens with zero attached hydrogens (tertiary/aromatic N) is 2. The molecule has 0 N–H and O–H groups in total. The summed E-state index contributed by atoms with van der Waals surface area (Å²) in [6.45, 7) is 1.13. The molecule has 3 heteroatoms. The quantitative estimate of drug-likeness (QED) is 0.733. The summed E-state index contributed by atoms with van der Waals surface area (Å²) < 4.78 is 0. The molecule has 0 atom stereocenters. The average molecular weight is 299 g/mol. The SMILES string of the molecule is Br.CN1C=CN(C23CC4CC(CC(C4)C2)C3)C1. The molecule has 1 aliphatic heterocycles. The molecule has 0 aromatic heterocycles. The van der Waals surface area contributed by atoms with Gasteiger partial charge in [0.15, 0.2) is 0 Å². The van der Waals surface area contributed by atoms with Gasteiger partial charge in [0, 0.05) is 25.0 Å². The van der Waals surface area contributed by atoms with Crippen LogP contribution >= 0.6 is 17.0 Å². The molecule has 1 heterocycles. The van der Waals surface area contributed by atoms with E-state index in [1.165, 1.54) is 19.3 Å². The predicted octanol–water partition coefficient (Wildman–Crippen LogP) is 3.21. The van der Waals surface area contributed by atoms with Gasteiger partial charge in [-0.1, -0.05) is 0 Å². The van der Waals surface area contributed by atoms with Crippen LogP contribution in [-0.4, -0.2) is 29.1 Å². The van der Waals surface area contributed by atoms with E-state index < -0.39 is 0 Å². The van der Waals surface area contributed by atoms with Gasteiger partial charge in [-0.3, -0.25) is 0 Å². The molecule has 4 fully saturated rings. The highest BCUT2D eigenvalue weighted by molar-refractivity contribution is 8.93. The maximum Gasteiger partial charge on any atom is 0.0896 e. The Bertz CT molecular complexity index is 304. The van der Waals surface area contributed by atoms with Crippen LogP contribution in [0, 0.1) is 17.8 Å². The molecule has 0 radical (unpaired) electrons. The number of hydrogen-bond donors (Lipinski definition) is 0. The van der Waals surface area contributed by atoms with Crippen molar-refractivity contribution in [1.82, 2.24) is 9.80 Å². The summed E-state index contributed by atoms with van der Waals surface area (Å²) in [7, 11) is 2.19. The minimum absolute atomic E-state index is 0. The summed E-state index contributed by atoms with van der Waals surface area (Å²) in [4.78, 5) is 4.98. The third kappa shape index (κ3) is 1.73. The second-order valence-electron chi connectivity index (χ2n) is 6.81. The summed E-state index contributed by atoms with van der Waals surface area (Å²) >= 11 is 0. The standard InChI is InChI=1S/C14H22N2.BrH/c1-15-2-3-16(10-15)14-7-11-4-12(8-14)6-13(5-11)9-14;/h2-3,11-13H,4-10H2,1H3;1H. The molecule has 4 saturated carbocycles. The summed E-state index contributed by atoms with van der Waals surface area (Å²) in [5, 5.41) is 0. The van der Waals surface area contributed by atoms with E-state index in [0.717, 1.165) is 24.4 Å². The molecule has 17 heavy (non-hydrogen) atoms. The van der Waals surface area contributed by atoms with Crippen LogP contribution in [-0.2, 0) is 0 Å². The Hall–Kier alpha value is -0.180. The first-order chi connectivity index (χ1) is 7.73. The molecule has 0 unspecified atom stereocenters. The topological polar surface area (TPSA) is 6.48 Å². The number of rotatable bonds is 1. The number of halogens is 1. The van der Waals surface area contributed by atoms with Crippen molar-refractivity contribution in [1.29, 1.82) is 0 Å². The molecule has 0 amide bonds. The molecule has 5 rings (SSSR count). The molecule has 96 valence electrons. The maximum atomic E-state index is 2.66. The Morgan fingerprint density at radius 1 is 0.941 bits per heavy atom. The minimum Gasteiger partial charge on any atom is -0.362 e. The zero-order chi connectivity index (χ0) is 10.8. The third-order valence-corrected chi connectivity index (χ3v) is 5.49. The highest BCUT2D eigenvalue weighted by Crippen LogP contribution is 2.58. The Balaban J connectivity index is 0.000000902. The Morgan fingerprint density at radius 2 is 1.47 bits per heavy atom. The molecule has 0 saturated heterocycles. The van der Waals surface area contributed by atoms with Gasteiger partial charge < -0.3 is 9.80 Å². The van der Waals surface area contributed by atoms with Crippen molar-refractivity contribution in [2.75, 3.05) is 13.7 Å². The van der Waals surface area contributed by atoms with E-state index in [1.807, 2.05) is 0 Å². The smallest absolute Gasteiger partial charge is 0.0896 e. The lowest BCUT2D eigenvalue weighted by Crippen LogP contribution is -2.58. The van der Waals surface area contributed by atoms with Gasteiger partial charge in [-0.05, 0) is 56.3 Å². The average Bonchev–Trinajstić information content (AvgIpc) is 2.63. The van der Waals surface area contributed by atoms with Crippen molar-refractivity contribution in [2.45, 2.75) is 44.1 Å². The van der Waals surface area contributed by atoms with E-state index in [9.17, 15) is 0 Å². The van der Waals surface area contributed by atoms with Gasteiger partial charge in [0.25, 0.3) is 0 Å². The Labute approximate surface area is 115 Å². The van der Waals surface area contributed by atoms with Crippen LogP contribution in [0.3, 0.4) is 0 Å². The van der Waals surface area contributed by atoms with Gasteiger partial charge in [-0.25, -0.2) is 0 Å². The second-order valence-corrected chi connectivity index (χ2v) is 6.81. The Morgan fingerprint density at radius 3 is 1.88 bits per heavy atom. The van der Waals surface area contributed by atoms with Crippen molar-refractivity contribution >= 4 is 17.0 Å². The molecule has 4 aliphatic carbocycles. The van der Waals surface area contributed by atoms with Crippen LogP contribution in [0.25, 0.3) is 0 Å². The largest absolute Gasteiger partial charge is 0.362 e. The van der Waals surface area contributed by atoms with E-state index in [2.05, 4.69) is 29.2 Å². The highest BCUT2D eigenvalue weighted by Gasteiger charge is 2.53. The lowest BCUT2D eigenvalue weighted by atomic mass is 9.52.